The van der Waals surface area contributed by atoms with Crippen LogP contribution in [-0.2, 0) is 16.0 Å². The molecule has 1 aromatic rings. The summed E-state index contributed by atoms with van der Waals surface area (Å²) < 4.78 is 5.40. The number of nitrogen functional groups attached to an aromatic ring is 1. The molecule has 0 bridgehead atoms. The van der Waals surface area contributed by atoms with Gasteiger partial charge in [-0.2, -0.15) is 0 Å². The fraction of sp³-hybridized carbons (Fsp3) is 0.533. The van der Waals surface area contributed by atoms with Gasteiger partial charge in [0.2, 0.25) is 5.91 Å². The van der Waals surface area contributed by atoms with Crippen molar-refractivity contribution in [3.05, 3.63) is 29.8 Å². The highest BCUT2D eigenvalue weighted by Crippen LogP contribution is 2.12. The van der Waals surface area contributed by atoms with E-state index in [0.717, 1.165) is 31.6 Å². The van der Waals surface area contributed by atoms with Gasteiger partial charge in [-0.05, 0) is 37.1 Å². The van der Waals surface area contributed by atoms with E-state index in [1.165, 1.54) is 5.56 Å². The van der Waals surface area contributed by atoms with Gasteiger partial charge in [-0.25, -0.2) is 0 Å². The molecule has 20 heavy (non-hydrogen) atoms. The van der Waals surface area contributed by atoms with Crippen LogP contribution in [0.25, 0.3) is 0 Å². The first kappa shape index (κ1) is 14.8. The van der Waals surface area contributed by atoms with Crippen molar-refractivity contribution in [2.24, 2.45) is 0 Å². The summed E-state index contributed by atoms with van der Waals surface area (Å²) in [6, 6.07) is 7.82. The number of nitrogens with one attached hydrogen (secondary N) is 1. The number of anilines is 1. The maximum atomic E-state index is 11.8. The SMILES string of the molecule is CNC(=O)C1COCCN1CCCc1cccc(N)c1. The Balaban J connectivity index is 1.84. The molecule has 1 aliphatic heterocycles. The van der Waals surface area contributed by atoms with Crippen LogP contribution in [-0.4, -0.2) is 50.2 Å². The Bertz CT molecular complexity index is 450. The molecule has 3 N–H and O–H groups in total. The van der Waals surface area contributed by atoms with Crippen molar-refractivity contribution in [1.82, 2.24) is 10.2 Å². The summed E-state index contributed by atoms with van der Waals surface area (Å²) in [4.78, 5) is 14.0. The van der Waals surface area contributed by atoms with Crippen LogP contribution < -0.4 is 11.1 Å². The Morgan fingerprint density at radius 3 is 3.15 bits per heavy atom. The van der Waals surface area contributed by atoms with E-state index in [-0.39, 0.29) is 11.9 Å². The molecule has 0 aliphatic carbocycles. The van der Waals surface area contributed by atoms with Gasteiger partial charge in [-0.1, -0.05) is 12.1 Å². The van der Waals surface area contributed by atoms with Gasteiger partial charge in [0.05, 0.1) is 13.2 Å². The molecule has 1 aliphatic rings. The number of carbonyl (C=O) groups excluding carboxylic acids is 1. The summed E-state index contributed by atoms with van der Waals surface area (Å²) >= 11 is 0. The number of nitrogens with two attached hydrogens (primary N) is 1. The molecule has 1 amide bonds. The van der Waals surface area contributed by atoms with Crippen LogP contribution in [0.15, 0.2) is 24.3 Å². The first-order valence-electron chi connectivity index (χ1n) is 7.08. The van der Waals surface area contributed by atoms with E-state index < -0.39 is 0 Å². The first-order chi connectivity index (χ1) is 9.70. The molecule has 5 heteroatoms. The summed E-state index contributed by atoms with van der Waals surface area (Å²) in [6.45, 7) is 2.90. The molecule has 110 valence electrons. The third kappa shape index (κ3) is 3.95. The quantitative estimate of drug-likeness (QED) is 0.775. The van der Waals surface area contributed by atoms with Gasteiger partial charge >= 0.3 is 0 Å². The van der Waals surface area contributed by atoms with Crippen molar-refractivity contribution in [3.63, 3.8) is 0 Å². The molecule has 1 fully saturated rings. The van der Waals surface area contributed by atoms with Crippen molar-refractivity contribution in [1.29, 1.82) is 0 Å². The van der Waals surface area contributed by atoms with Crippen LogP contribution in [0.5, 0.6) is 0 Å². The zero-order chi connectivity index (χ0) is 14.4. The van der Waals surface area contributed by atoms with Crippen LogP contribution in [0.3, 0.4) is 0 Å². The zero-order valence-electron chi connectivity index (χ0n) is 12.0. The van der Waals surface area contributed by atoms with Crippen molar-refractivity contribution < 1.29 is 9.53 Å². The fourth-order valence-electron chi connectivity index (χ4n) is 2.55. The molecular formula is C15H23N3O2. The third-order valence-corrected chi connectivity index (χ3v) is 3.65. The smallest absolute Gasteiger partial charge is 0.239 e. The number of benzene rings is 1. The molecule has 1 aromatic carbocycles. The van der Waals surface area contributed by atoms with E-state index in [4.69, 9.17) is 10.5 Å². The average Bonchev–Trinajstić information content (AvgIpc) is 2.47. The zero-order valence-corrected chi connectivity index (χ0v) is 12.0. The molecule has 0 radical (unpaired) electrons. The molecule has 0 spiro atoms. The highest BCUT2D eigenvalue weighted by molar-refractivity contribution is 5.81. The number of morpholine rings is 1. The van der Waals surface area contributed by atoms with E-state index in [9.17, 15) is 4.79 Å². The maximum absolute atomic E-state index is 11.8. The van der Waals surface area contributed by atoms with Gasteiger partial charge in [-0.3, -0.25) is 9.69 Å². The fourth-order valence-corrected chi connectivity index (χ4v) is 2.55. The molecule has 1 heterocycles. The van der Waals surface area contributed by atoms with Crippen molar-refractivity contribution >= 4 is 11.6 Å². The largest absolute Gasteiger partial charge is 0.399 e. The minimum absolute atomic E-state index is 0.0358. The second-order valence-electron chi connectivity index (χ2n) is 5.09. The van der Waals surface area contributed by atoms with Crippen LogP contribution in [0, 0.1) is 0 Å². The Morgan fingerprint density at radius 1 is 1.55 bits per heavy atom. The molecular weight excluding hydrogens is 254 g/mol. The van der Waals surface area contributed by atoms with Gasteiger partial charge < -0.3 is 15.8 Å². The van der Waals surface area contributed by atoms with E-state index in [0.29, 0.717) is 13.2 Å². The normalized spacial score (nSPS) is 19.8. The van der Waals surface area contributed by atoms with Crippen LogP contribution >= 0.6 is 0 Å². The second-order valence-corrected chi connectivity index (χ2v) is 5.09. The molecule has 1 atom stereocenters. The lowest BCUT2D eigenvalue weighted by molar-refractivity contribution is -0.132. The van der Waals surface area contributed by atoms with E-state index in [1.807, 2.05) is 18.2 Å². The lowest BCUT2D eigenvalue weighted by Gasteiger charge is -2.34. The van der Waals surface area contributed by atoms with E-state index in [2.05, 4.69) is 16.3 Å². The number of carbonyl (C=O) groups is 1. The average molecular weight is 277 g/mol. The van der Waals surface area contributed by atoms with E-state index in [1.54, 1.807) is 7.05 Å². The summed E-state index contributed by atoms with van der Waals surface area (Å²) in [7, 11) is 1.67. The number of hydrogen-bond donors (Lipinski definition) is 2. The third-order valence-electron chi connectivity index (χ3n) is 3.65. The Kier molecular flexibility index (Phi) is 5.38. The van der Waals surface area contributed by atoms with Gasteiger partial charge in [0.1, 0.15) is 6.04 Å². The lowest BCUT2D eigenvalue weighted by Crippen LogP contribution is -2.53. The lowest BCUT2D eigenvalue weighted by atomic mass is 10.1. The van der Waals surface area contributed by atoms with Gasteiger partial charge in [0, 0.05) is 19.3 Å². The number of aryl methyl sites for hydroxylation is 1. The highest BCUT2D eigenvalue weighted by Gasteiger charge is 2.27. The van der Waals surface area contributed by atoms with Gasteiger partial charge in [0.15, 0.2) is 0 Å². The van der Waals surface area contributed by atoms with Gasteiger partial charge in [0.25, 0.3) is 0 Å². The van der Waals surface area contributed by atoms with Gasteiger partial charge in [-0.15, -0.1) is 0 Å². The van der Waals surface area contributed by atoms with Crippen LogP contribution in [0.4, 0.5) is 5.69 Å². The standard InChI is InChI=1S/C15H23N3O2/c1-17-15(19)14-11-20-9-8-18(14)7-3-5-12-4-2-6-13(16)10-12/h2,4,6,10,14H,3,5,7-9,11,16H2,1H3,(H,17,19). The number of likely N-dealkylation sites (N-methyl/N-ethyl adjacent to an activating group) is 1. The molecule has 0 aromatic heterocycles. The van der Waals surface area contributed by atoms with Crippen molar-refractivity contribution in [2.45, 2.75) is 18.9 Å². The number of hydrogen-bond acceptors (Lipinski definition) is 4. The minimum atomic E-state index is -0.158. The molecule has 0 saturated carbocycles. The number of rotatable bonds is 5. The minimum Gasteiger partial charge on any atom is -0.399 e. The summed E-state index contributed by atoms with van der Waals surface area (Å²) in [5, 5.41) is 2.70. The van der Waals surface area contributed by atoms with Crippen LogP contribution in [0.1, 0.15) is 12.0 Å². The number of nitrogens with zero attached hydrogens (tertiary/aromatic N) is 1. The maximum Gasteiger partial charge on any atom is 0.239 e. The Hall–Kier alpha value is -1.59. The van der Waals surface area contributed by atoms with Crippen LogP contribution in [0.2, 0.25) is 0 Å². The predicted molar refractivity (Wildman–Crippen MR) is 79.4 cm³/mol. The molecule has 2 rings (SSSR count). The second kappa shape index (κ2) is 7.26. The summed E-state index contributed by atoms with van der Waals surface area (Å²) in [5.41, 5.74) is 7.82. The topological polar surface area (TPSA) is 67.6 Å². The van der Waals surface area contributed by atoms with E-state index >= 15 is 0 Å². The molecule has 1 saturated heterocycles. The number of amides is 1. The summed E-state index contributed by atoms with van der Waals surface area (Å²) in [6.07, 6.45) is 1.99. The number of ether oxygens (including phenoxy) is 1. The predicted octanol–water partition coefficient (Wildman–Crippen LogP) is 0.648. The van der Waals surface area contributed by atoms with Crippen molar-refractivity contribution in [2.75, 3.05) is 39.1 Å². The first-order valence-corrected chi connectivity index (χ1v) is 7.08. The van der Waals surface area contributed by atoms with Crippen molar-refractivity contribution in [3.8, 4) is 0 Å². The molecule has 1 unspecified atom stereocenters. The Labute approximate surface area is 120 Å². The summed E-state index contributed by atoms with van der Waals surface area (Å²) in [5.74, 6) is 0.0358. The monoisotopic (exact) mass is 277 g/mol. The Morgan fingerprint density at radius 2 is 2.40 bits per heavy atom. The highest BCUT2D eigenvalue weighted by atomic mass is 16.5. The molecule has 5 nitrogen and oxygen atoms in total.